The summed E-state index contributed by atoms with van der Waals surface area (Å²) in [7, 11) is 0. The lowest BCUT2D eigenvalue weighted by Crippen LogP contribution is -2.30. The molecule has 0 spiro atoms. The Hall–Kier alpha value is -0.890. The van der Waals surface area contributed by atoms with E-state index in [0.717, 1.165) is 18.9 Å². The summed E-state index contributed by atoms with van der Waals surface area (Å²) < 4.78 is 0. The van der Waals surface area contributed by atoms with Crippen molar-refractivity contribution in [1.82, 2.24) is 10.3 Å². The zero-order valence-corrected chi connectivity index (χ0v) is 10.9. The molecule has 0 saturated heterocycles. The first kappa shape index (κ1) is 12.6. The minimum atomic E-state index is 0.711. The highest BCUT2D eigenvalue weighted by molar-refractivity contribution is 5.08. The molecular weight excluding hydrogens is 208 g/mol. The largest absolute Gasteiger partial charge is 0.314 e. The average molecular weight is 232 g/mol. The van der Waals surface area contributed by atoms with E-state index in [2.05, 4.69) is 23.3 Å². The van der Waals surface area contributed by atoms with Gasteiger partial charge in [-0.3, -0.25) is 4.98 Å². The summed E-state index contributed by atoms with van der Waals surface area (Å²) in [5.41, 5.74) is 1.37. The predicted octanol–water partition coefficient (Wildman–Crippen LogP) is 3.18. The Bertz CT molecular complexity index is 306. The van der Waals surface area contributed by atoms with Gasteiger partial charge in [0, 0.05) is 18.4 Å². The lowest BCUT2D eigenvalue weighted by atomic mass is 10.0. The zero-order chi connectivity index (χ0) is 11.9. The van der Waals surface area contributed by atoms with Gasteiger partial charge in [-0.25, -0.2) is 0 Å². The van der Waals surface area contributed by atoms with Gasteiger partial charge in [-0.05, 0) is 49.8 Å². The fourth-order valence-electron chi connectivity index (χ4n) is 2.29. The predicted molar refractivity (Wildman–Crippen MR) is 72.0 cm³/mol. The van der Waals surface area contributed by atoms with Gasteiger partial charge >= 0.3 is 0 Å². The topological polar surface area (TPSA) is 24.9 Å². The molecule has 1 aliphatic carbocycles. The van der Waals surface area contributed by atoms with Crippen molar-refractivity contribution < 1.29 is 0 Å². The first-order valence-electron chi connectivity index (χ1n) is 7.00. The van der Waals surface area contributed by atoms with Gasteiger partial charge in [0.05, 0.1) is 0 Å². The van der Waals surface area contributed by atoms with Crippen LogP contribution in [0.25, 0.3) is 0 Å². The highest BCUT2D eigenvalue weighted by Gasteiger charge is 2.24. The summed E-state index contributed by atoms with van der Waals surface area (Å²) in [6.45, 7) is 3.40. The molecule has 1 heterocycles. The van der Waals surface area contributed by atoms with Crippen LogP contribution in [0.3, 0.4) is 0 Å². The fraction of sp³-hybridized carbons (Fsp3) is 0.667. The lowest BCUT2D eigenvalue weighted by Gasteiger charge is -2.18. The Morgan fingerprint density at radius 2 is 2.35 bits per heavy atom. The molecule has 0 aliphatic heterocycles. The third kappa shape index (κ3) is 4.86. The zero-order valence-electron chi connectivity index (χ0n) is 10.9. The van der Waals surface area contributed by atoms with Gasteiger partial charge < -0.3 is 5.32 Å². The van der Waals surface area contributed by atoms with Gasteiger partial charge in [-0.1, -0.05) is 25.8 Å². The number of hydrogen-bond acceptors (Lipinski definition) is 2. The van der Waals surface area contributed by atoms with Crippen LogP contribution in [-0.2, 0) is 6.42 Å². The Kier molecular flexibility index (Phi) is 4.99. The van der Waals surface area contributed by atoms with E-state index in [1.165, 1.54) is 37.7 Å². The number of rotatable bonds is 8. The van der Waals surface area contributed by atoms with Crippen LogP contribution in [0.2, 0.25) is 0 Å². The van der Waals surface area contributed by atoms with Crippen molar-refractivity contribution in [2.75, 3.05) is 6.54 Å². The molecule has 1 saturated carbocycles. The molecule has 1 aliphatic rings. The van der Waals surface area contributed by atoms with E-state index in [0.29, 0.717) is 6.04 Å². The lowest BCUT2D eigenvalue weighted by molar-refractivity contribution is 0.432. The van der Waals surface area contributed by atoms with Crippen molar-refractivity contribution >= 4 is 0 Å². The standard InChI is InChI=1S/C15H24N2/c1-2-9-17-15(11-13-5-6-13)8-7-14-4-3-10-16-12-14/h3-4,10,12-13,15,17H,2,5-9,11H2,1H3. The quantitative estimate of drug-likeness (QED) is 0.744. The molecule has 1 aromatic rings. The molecule has 1 fully saturated rings. The van der Waals surface area contributed by atoms with Gasteiger partial charge in [-0.15, -0.1) is 0 Å². The molecule has 2 nitrogen and oxygen atoms in total. The van der Waals surface area contributed by atoms with Gasteiger partial charge in [0.25, 0.3) is 0 Å². The molecule has 94 valence electrons. The number of pyridine rings is 1. The van der Waals surface area contributed by atoms with Crippen LogP contribution >= 0.6 is 0 Å². The summed E-state index contributed by atoms with van der Waals surface area (Å²) in [5, 5.41) is 3.69. The Balaban J connectivity index is 1.75. The molecule has 0 amide bonds. The maximum Gasteiger partial charge on any atom is 0.0299 e. The fourth-order valence-corrected chi connectivity index (χ4v) is 2.29. The molecule has 1 aromatic heterocycles. The van der Waals surface area contributed by atoms with Gasteiger partial charge in [-0.2, -0.15) is 0 Å². The van der Waals surface area contributed by atoms with Crippen LogP contribution in [-0.4, -0.2) is 17.6 Å². The molecule has 2 rings (SSSR count). The highest BCUT2D eigenvalue weighted by atomic mass is 14.9. The maximum atomic E-state index is 4.18. The maximum absolute atomic E-state index is 4.18. The smallest absolute Gasteiger partial charge is 0.0299 e. The SMILES string of the molecule is CCCNC(CCc1cccnc1)CC1CC1. The Morgan fingerprint density at radius 1 is 1.47 bits per heavy atom. The Morgan fingerprint density at radius 3 is 3.00 bits per heavy atom. The van der Waals surface area contributed by atoms with Gasteiger partial charge in [0.1, 0.15) is 0 Å². The summed E-state index contributed by atoms with van der Waals surface area (Å²) in [4.78, 5) is 4.18. The van der Waals surface area contributed by atoms with E-state index in [4.69, 9.17) is 0 Å². The summed E-state index contributed by atoms with van der Waals surface area (Å²) in [6.07, 6.45) is 11.8. The molecule has 0 aromatic carbocycles. The van der Waals surface area contributed by atoms with Crippen molar-refractivity contribution in [2.45, 2.75) is 51.5 Å². The van der Waals surface area contributed by atoms with Crippen LogP contribution in [0.5, 0.6) is 0 Å². The van der Waals surface area contributed by atoms with E-state index in [1.807, 2.05) is 18.5 Å². The number of hydrogen-bond donors (Lipinski definition) is 1. The van der Waals surface area contributed by atoms with Crippen LogP contribution in [0, 0.1) is 5.92 Å². The number of aromatic nitrogens is 1. The first-order valence-corrected chi connectivity index (χ1v) is 7.00. The molecule has 0 radical (unpaired) electrons. The summed E-state index contributed by atoms with van der Waals surface area (Å²) in [6, 6.07) is 4.92. The first-order chi connectivity index (χ1) is 8.38. The van der Waals surface area contributed by atoms with Crippen LogP contribution < -0.4 is 5.32 Å². The monoisotopic (exact) mass is 232 g/mol. The van der Waals surface area contributed by atoms with Gasteiger partial charge in [0.2, 0.25) is 0 Å². The molecule has 2 heteroatoms. The van der Waals surface area contributed by atoms with E-state index < -0.39 is 0 Å². The minimum absolute atomic E-state index is 0.711. The van der Waals surface area contributed by atoms with Crippen molar-refractivity contribution in [2.24, 2.45) is 5.92 Å². The molecule has 17 heavy (non-hydrogen) atoms. The number of nitrogens with zero attached hydrogens (tertiary/aromatic N) is 1. The van der Waals surface area contributed by atoms with Crippen molar-refractivity contribution in [3.63, 3.8) is 0 Å². The van der Waals surface area contributed by atoms with Crippen molar-refractivity contribution in [1.29, 1.82) is 0 Å². The van der Waals surface area contributed by atoms with Crippen LogP contribution in [0.1, 0.15) is 44.6 Å². The molecule has 1 unspecified atom stereocenters. The van der Waals surface area contributed by atoms with E-state index >= 15 is 0 Å². The average Bonchev–Trinajstić information content (AvgIpc) is 3.18. The second kappa shape index (κ2) is 6.75. The van der Waals surface area contributed by atoms with Crippen LogP contribution in [0.15, 0.2) is 24.5 Å². The second-order valence-electron chi connectivity index (χ2n) is 5.23. The van der Waals surface area contributed by atoms with Gasteiger partial charge in [0.15, 0.2) is 0 Å². The Labute approximate surface area is 105 Å². The summed E-state index contributed by atoms with van der Waals surface area (Å²) >= 11 is 0. The van der Waals surface area contributed by atoms with E-state index in [9.17, 15) is 0 Å². The van der Waals surface area contributed by atoms with E-state index in [1.54, 1.807) is 0 Å². The third-order valence-corrected chi connectivity index (χ3v) is 3.50. The minimum Gasteiger partial charge on any atom is -0.314 e. The summed E-state index contributed by atoms with van der Waals surface area (Å²) in [5.74, 6) is 1.01. The van der Waals surface area contributed by atoms with E-state index in [-0.39, 0.29) is 0 Å². The third-order valence-electron chi connectivity index (χ3n) is 3.50. The molecular formula is C15H24N2. The van der Waals surface area contributed by atoms with Crippen LogP contribution in [0.4, 0.5) is 0 Å². The number of nitrogens with one attached hydrogen (secondary N) is 1. The second-order valence-corrected chi connectivity index (χ2v) is 5.23. The number of aryl methyl sites for hydroxylation is 1. The highest BCUT2D eigenvalue weighted by Crippen LogP contribution is 2.34. The molecule has 1 atom stereocenters. The molecule has 1 N–H and O–H groups in total. The van der Waals surface area contributed by atoms with Crippen molar-refractivity contribution in [3.8, 4) is 0 Å². The van der Waals surface area contributed by atoms with Crippen molar-refractivity contribution in [3.05, 3.63) is 30.1 Å². The normalized spacial score (nSPS) is 17.0. The molecule has 0 bridgehead atoms.